The molecule has 0 heterocycles. The van der Waals surface area contributed by atoms with Crippen molar-refractivity contribution in [1.82, 2.24) is 5.32 Å². The molecule has 0 aliphatic carbocycles. The van der Waals surface area contributed by atoms with Gasteiger partial charge >= 0.3 is 0 Å². The van der Waals surface area contributed by atoms with E-state index in [0.717, 1.165) is 27.4 Å². The molecule has 0 saturated carbocycles. The van der Waals surface area contributed by atoms with Gasteiger partial charge in [-0.15, -0.1) is 0 Å². The second-order valence-corrected chi connectivity index (χ2v) is 11.3. The minimum absolute atomic E-state index is 0.0867. The van der Waals surface area contributed by atoms with E-state index in [2.05, 4.69) is 10.6 Å². The number of amides is 2. The van der Waals surface area contributed by atoms with Crippen molar-refractivity contribution in [2.75, 3.05) is 22.7 Å². The first-order valence-electron chi connectivity index (χ1n) is 13.2. The Balaban J connectivity index is 1.53. The molecule has 0 aromatic heterocycles. The maximum absolute atomic E-state index is 13.7. The fourth-order valence-corrected chi connectivity index (χ4v) is 5.64. The van der Waals surface area contributed by atoms with Crippen LogP contribution in [0.2, 0.25) is 0 Å². The predicted octanol–water partition coefficient (Wildman–Crippen LogP) is 5.36. The van der Waals surface area contributed by atoms with Gasteiger partial charge in [0, 0.05) is 6.54 Å². The van der Waals surface area contributed by atoms with Crippen LogP contribution >= 0.6 is 0 Å². The molecule has 0 unspecified atom stereocenters. The highest BCUT2D eigenvalue weighted by molar-refractivity contribution is 7.92. The molecule has 0 aliphatic heterocycles. The first-order valence-corrected chi connectivity index (χ1v) is 14.6. The Labute approximate surface area is 235 Å². The number of benzene rings is 4. The van der Waals surface area contributed by atoms with Crippen molar-refractivity contribution in [2.24, 2.45) is 0 Å². The Morgan fingerprint density at radius 3 is 2.10 bits per heavy atom. The van der Waals surface area contributed by atoms with Gasteiger partial charge < -0.3 is 10.6 Å². The molecular weight excluding hydrogens is 522 g/mol. The number of carbonyl (C=O) groups is 2. The fraction of sp³-hybridized carbons (Fsp3) is 0.188. The van der Waals surface area contributed by atoms with E-state index < -0.39 is 22.5 Å². The van der Waals surface area contributed by atoms with Gasteiger partial charge in [-0.05, 0) is 67.3 Å². The molecule has 2 N–H and O–H groups in total. The Morgan fingerprint density at radius 1 is 0.775 bits per heavy atom. The normalized spacial score (nSPS) is 11.1. The number of nitrogens with one attached hydrogen (secondary N) is 2. The lowest BCUT2D eigenvalue weighted by atomic mass is 10.1. The molecule has 0 radical (unpaired) electrons. The average Bonchev–Trinajstić information content (AvgIpc) is 2.97. The SMILES string of the molecule is CCc1ccc(N(CC(=O)Nc2ccccc2C(=O)NCCc2ccccc2)S(=O)(=O)c2ccc(C)cc2)cc1. The van der Waals surface area contributed by atoms with E-state index in [1.165, 1.54) is 12.1 Å². The van der Waals surface area contributed by atoms with E-state index in [4.69, 9.17) is 0 Å². The van der Waals surface area contributed by atoms with E-state index >= 15 is 0 Å². The second-order valence-electron chi connectivity index (χ2n) is 9.43. The Hall–Kier alpha value is -4.43. The highest BCUT2D eigenvalue weighted by atomic mass is 32.2. The van der Waals surface area contributed by atoms with E-state index in [1.807, 2.05) is 56.3 Å². The van der Waals surface area contributed by atoms with Crippen LogP contribution in [0.3, 0.4) is 0 Å². The summed E-state index contributed by atoms with van der Waals surface area (Å²) in [5.41, 5.74) is 4.05. The minimum atomic E-state index is -4.05. The van der Waals surface area contributed by atoms with Crippen molar-refractivity contribution in [3.8, 4) is 0 Å². The lowest BCUT2D eigenvalue weighted by molar-refractivity contribution is -0.114. The van der Waals surface area contributed by atoms with Crippen LogP contribution in [0.5, 0.6) is 0 Å². The van der Waals surface area contributed by atoms with E-state index in [-0.39, 0.29) is 10.8 Å². The summed E-state index contributed by atoms with van der Waals surface area (Å²) in [5.74, 6) is -0.897. The average molecular weight is 556 g/mol. The summed E-state index contributed by atoms with van der Waals surface area (Å²) in [4.78, 5) is 26.3. The lowest BCUT2D eigenvalue weighted by Gasteiger charge is -2.24. The minimum Gasteiger partial charge on any atom is -0.352 e. The maximum Gasteiger partial charge on any atom is 0.264 e. The van der Waals surface area contributed by atoms with Crippen LogP contribution in [-0.4, -0.2) is 33.3 Å². The molecule has 0 spiro atoms. The zero-order valence-electron chi connectivity index (χ0n) is 22.6. The summed E-state index contributed by atoms with van der Waals surface area (Å²) in [6.45, 7) is 3.85. The molecule has 4 aromatic rings. The van der Waals surface area contributed by atoms with Crippen molar-refractivity contribution in [3.63, 3.8) is 0 Å². The molecule has 0 aliphatic rings. The fourth-order valence-electron chi connectivity index (χ4n) is 4.22. The third kappa shape index (κ3) is 7.15. The Morgan fingerprint density at radius 2 is 1.43 bits per heavy atom. The highest BCUT2D eigenvalue weighted by Crippen LogP contribution is 2.25. The molecule has 0 saturated heterocycles. The van der Waals surface area contributed by atoms with Crippen LogP contribution in [0.1, 0.15) is 34.0 Å². The number of anilines is 2. The first-order chi connectivity index (χ1) is 19.3. The maximum atomic E-state index is 13.7. The summed E-state index contributed by atoms with van der Waals surface area (Å²) in [5, 5.41) is 5.64. The Bertz CT molecular complexity index is 1550. The van der Waals surface area contributed by atoms with Gasteiger partial charge in [-0.2, -0.15) is 0 Å². The number of hydrogen-bond donors (Lipinski definition) is 2. The molecule has 0 bridgehead atoms. The smallest absolute Gasteiger partial charge is 0.264 e. The highest BCUT2D eigenvalue weighted by Gasteiger charge is 2.27. The van der Waals surface area contributed by atoms with Crippen LogP contribution in [0, 0.1) is 6.92 Å². The van der Waals surface area contributed by atoms with Crippen molar-refractivity contribution in [1.29, 1.82) is 0 Å². The zero-order chi connectivity index (χ0) is 28.5. The molecule has 0 fully saturated rings. The van der Waals surface area contributed by atoms with Gasteiger partial charge in [-0.1, -0.05) is 79.2 Å². The quantitative estimate of drug-likeness (QED) is 0.260. The van der Waals surface area contributed by atoms with Gasteiger partial charge in [0.05, 0.1) is 21.8 Å². The lowest BCUT2D eigenvalue weighted by Crippen LogP contribution is -2.38. The summed E-state index contributed by atoms with van der Waals surface area (Å²) in [6, 6.07) is 30.1. The number of sulfonamides is 1. The zero-order valence-corrected chi connectivity index (χ0v) is 23.4. The van der Waals surface area contributed by atoms with Gasteiger partial charge in [0.25, 0.3) is 15.9 Å². The van der Waals surface area contributed by atoms with Gasteiger partial charge in [0.1, 0.15) is 6.54 Å². The third-order valence-electron chi connectivity index (χ3n) is 6.52. The third-order valence-corrected chi connectivity index (χ3v) is 8.30. The van der Waals surface area contributed by atoms with Gasteiger partial charge in [0.2, 0.25) is 5.91 Å². The van der Waals surface area contributed by atoms with Crippen LogP contribution < -0.4 is 14.9 Å². The summed E-state index contributed by atoms with van der Waals surface area (Å²) in [7, 11) is -4.05. The summed E-state index contributed by atoms with van der Waals surface area (Å²) in [6.07, 6.45) is 1.47. The Kier molecular flexibility index (Phi) is 9.35. The molecule has 4 rings (SSSR count). The topological polar surface area (TPSA) is 95.6 Å². The van der Waals surface area contributed by atoms with Crippen LogP contribution in [0.15, 0.2) is 108 Å². The summed E-state index contributed by atoms with van der Waals surface area (Å²) >= 11 is 0. The molecule has 8 heteroatoms. The number of hydrogen-bond acceptors (Lipinski definition) is 4. The number of para-hydroxylation sites is 1. The van der Waals surface area contributed by atoms with Crippen molar-refractivity contribution in [2.45, 2.75) is 31.6 Å². The number of aryl methyl sites for hydroxylation is 2. The van der Waals surface area contributed by atoms with Gasteiger partial charge in [0.15, 0.2) is 0 Å². The predicted molar refractivity (Wildman–Crippen MR) is 159 cm³/mol. The number of nitrogens with zero attached hydrogens (tertiary/aromatic N) is 1. The van der Waals surface area contributed by atoms with Crippen molar-refractivity contribution >= 4 is 33.2 Å². The van der Waals surface area contributed by atoms with E-state index in [1.54, 1.807) is 48.5 Å². The molecule has 7 nitrogen and oxygen atoms in total. The van der Waals surface area contributed by atoms with E-state index in [9.17, 15) is 18.0 Å². The molecule has 2 amide bonds. The molecule has 0 atom stereocenters. The van der Waals surface area contributed by atoms with Crippen LogP contribution in [0.25, 0.3) is 0 Å². The number of carbonyl (C=O) groups excluding carboxylic acids is 2. The van der Waals surface area contributed by atoms with Crippen LogP contribution in [0.4, 0.5) is 11.4 Å². The molecule has 4 aromatic carbocycles. The number of rotatable bonds is 11. The van der Waals surface area contributed by atoms with Crippen molar-refractivity contribution in [3.05, 3.63) is 125 Å². The summed E-state index contributed by atoms with van der Waals surface area (Å²) < 4.78 is 28.4. The standard InChI is InChI=1S/C32H33N3O4S/c1-3-25-15-17-27(18-16-25)35(40(38,39)28-19-13-24(2)14-20-28)23-31(36)34-30-12-8-7-11-29(30)32(37)33-22-21-26-9-5-4-6-10-26/h4-20H,3,21-23H2,1-2H3,(H,33,37)(H,34,36). The van der Waals surface area contributed by atoms with E-state index in [0.29, 0.717) is 29.9 Å². The molecule has 40 heavy (non-hydrogen) atoms. The monoisotopic (exact) mass is 555 g/mol. The molecule has 206 valence electrons. The van der Waals surface area contributed by atoms with Gasteiger partial charge in [-0.3, -0.25) is 13.9 Å². The van der Waals surface area contributed by atoms with Crippen LogP contribution in [-0.2, 0) is 27.7 Å². The van der Waals surface area contributed by atoms with Crippen molar-refractivity contribution < 1.29 is 18.0 Å². The first kappa shape index (κ1) is 28.6. The van der Waals surface area contributed by atoms with Gasteiger partial charge in [-0.25, -0.2) is 8.42 Å². The second kappa shape index (κ2) is 13.1. The molecular formula is C32H33N3O4S. The largest absolute Gasteiger partial charge is 0.352 e.